The molecule has 4 rings (SSSR count). The second-order valence-corrected chi connectivity index (χ2v) is 7.06. The number of hydrogen-bond donors (Lipinski definition) is 1. The van der Waals surface area contributed by atoms with Crippen LogP contribution in [0, 0.1) is 0 Å². The highest BCUT2D eigenvalue weighted by molar-refractivity contribution is 6.30. The summed E-state index contributed by atoms with van der Waals surface area (Å²) >= 11 is 5.91. The molecule has 1 unspecified atom stereocenters. The van der Waals surface area contributed by atoms with E-state index in [9.17, 15) is 4.79 Å². The summed E-state index contributed by atoms with van der Waals surface area (Å²) in [4.78, 5) is 22.8. The van der Waals surface area contributed by atoms with Crippen molar-refractivity contribution in [3.8, 4) is 0 Å². The number of carbonyl (C=O) groups excluding carboxylic acids is 1. The molecule has 0 radical (unpaired) electrons. The maximum absolute atomic E-state index is 12.7. The molecule has 0 spiro atoms. The van der Waals surface area contributed by atoms with Crippen LogP contribution in [0.25, 0.3) is 11.0 Å². The van der Waals surface area contributed by atoms with Gasteiger partial charge < -0.3 is 9.88 Å². The number of halogens is 1. The van der Waals surface area contributed by atoms with Crippen LogP contribution < -0.4 is 0 Å². The van der Waals surface area contributed by atoms with Gasteiger partial charge in [-0.15, -0.1) is 0 Å². The molecule has 0 saturated carbocycles. The molecular weight excluding hydrogens is 334 g/mol. The topological polar surface area (TPSA) is 49.0 Å². The van der Waals surface area contributed by atoms with Crippen LogP contribution in [0.5, 0.6) is 0 Å². The normalized spacial score (nSPS) is 17.8. The van der Waals surface area contributed by atoms with E-state index in [1.807, 2.05) is 53.4 Å². The first-order valence-electron chi connectivity index (χ1n) is 8.66. The van der Waals surface area contributed by atoms with Crippen molar-refractivity contribution in [2.45, 2.75) is 25.2 Å². The van der Waals surface area contributed by atoms with Crippen molar-refractivity contribution in [3.05, 3.63) is 64.9 Å². The molecule has 1 aliphatic heterocycles. The third-order valence-electron chi connectivity index (χ3n) is 4.84. The second kappa shape index (κ2) is 6.89. The number of fused-ring (bicyclic) bond motifs is 1. The number of carbonyl (C=O) groups is 1. The molecule has 2 aromatic carbocycles. The van der Waals surface area contributed by atoms with Gasteiger partial charge in [0, 0.05) is 24.0 Å². The number of amides is 1. The number of rotatable bonds is 3. The molecule has 1 aliphatic rings. The fourth-order valence-electron chi connectivity index (χ4n) is 3.48. The Labute approximate surface area is 151 Å². The lowest BCUT2D eigenvalue weighted by atomic mass is 9.96. The van der Waals surface area contributed by atoms with E-state index in [2.05, 4.69) is 4.98 Å². The van der Waals surface area contributed by atoms with Gasteiger partial charge in [-0.1, -0.05) is 35.9 Å². The zero-order valence-electron chi connectivity index (χ0n) is 13.9. The van der Waals surface area contributed by atoms with Crippen LogP contribution in [0.3, 0.4) is 0 Å². The summed E-state index contributed by atoms with van der Waals surface area (Å²) in [7, 11) is 0. The van der Waals surface area contributed by atoms with Gasteiger partial charge in [0.05, 0.1) is 17.5 Å². The monoisotopic (exact) mass is 353 g/mol. The molecule has 1 amide bonds. The molecule has 1 N–H and O–H groups in total. The minimum absolute atomic E-state index is 0.170. The standard InChI is InChI=1S/C20H20ClN3O/c21-16-9-7-14(8-10-16)12-19(25)24-11-3-4-15(13-24)20-22-17-5-1-2-6-18(17)23-20/h1-2,5-10,15H,3-4,11-13H2,(H,22,23). The largest absolute Gasteiger partial charge is 0.342 e. The van der Waals surface area contributed by atoms with Gasteiger partial charge in [-0.05, 0) is 42.7 Å². The molecule has 128 valence electrons. The lowest BCUT2D eigenvalue weighted by Crippen LogP contribution is -2.40. The van der Waals surface area contributed by atoms with Gasteiger partial charge in [0.2, 0.25) is 5.91 Å². The number of imidazole rings is 1. The molecular formula is C20H20ClN3O. The quantitative estimate of drug-likeness (QED) is 0.768. The summed E-state index contributed by atoms with van der Waals surface area (Å²) in [6.45, 7) is 1.55. The zero-order chi connectivity index (χ0) is 17.2. The Bertz CT molecular complexity index is 854. The first kappa shape index (κ1) is 16.2. The second-order valence-electron chi connectivity index (χ2n) is 6.62. The van der Waals surface area contributed by atoms with Gasteiger partial charge >= 0.3 is 0 Å². The maximum Gasteiger partial charge on any atom is 0.227 e. The highest BCUT2D eigenvalue weighted by atomic mass is 35.5. The first-order valence-corrected chi connectivity index (χ1v) is 9.04. The van der Waals surface area contributed by atoms with Crippen molar-refractivity contribution in [1.29, 1.82) is 0 Å². The van der Waals surface area contributed by atoms with E-state index >= 15 is 0 Å². The summed E-state index contributed by atoms with van der Waals surface area (Å²) in [5, 5.41) is 0.694. The van der Waals surface area contributed by atoms with Gasteiger partial charge in [0.1, 0.15) is 5.82 Å². The van der Waals surface area contributed by atoms with E-state index in [-0.39, 0.29) is 11.8 Å². The number of likely N-dealkylation sites (tertiary alicyclic amines) is 1. The Kier molecular flexibility index (Phi) is 4.45. The third-order valence-corrected chi connectivity index (χ3v) is 5.09. The van der Waals surface area contributed by atoms with Crippen molar-refractivity contribution >= 4 is 28.5 Å². The third kappa shape index (κ3) is 3.54. The van der Waals surface area contributed by atoms with Crippen LogP contribution in [0.1, 0.15) is 30.1 Å². The molecule has 2 heterocycles. The minimum Gasteiger partial charge on any atom is -0.342 e. The Morgan fingerprint density at radius 1 is 1.20 bits per heavy atom. The molecule has 3 aromatic rings. The van der Waals surface area contributed by atoms with E-state index in [4.69, 9.17) is 16.6 Å². The highest BCUT2D eigenvalue weighted by Gasteiger charge is 2.26. The molecule has 1 fully saturated rings. The van der Waals surface area contributed by atoms with Crippen LogP contribution >= 0.6 is 11.6 Å². The van der Waals surface area contributed by atoms with Crippen molar-refractivity contribution in [2.24, 2.45) is 0 Å². The van der Waals surface area contributed by atoms with Gasteiger partial charge in [0.15, 0.2) is 0 Å². The van der Waals surface area contributed by atoms with Crippen LogP contribution in [0.2, 0.25) is 5.02 Å². The van der Waals surface area contributed by atoms with Crippen molar-refractivity contribution in [1.82, 2.24) is 14.9 Å². The Balaban J connectivity index is 1.46. The van der Waals surface area contributed by atoms with E-state index in [1.54, 1.807) is 0 Å². The summed E-state index contributed by atoms with van der Waals surface area (Å²) in [6, 6.07) is 15.6. The van der Waals surface area contributed by atoms with E-state index in [1.165, 1.54) is 0 Å². The number of piperidine rings is 1. The molecule has 0 bridgehead atoms. The SMILES string of the molecule is O=C(Cc1ccc(Cl)cc1)N1CCCC(c2nc3ccccc3[nH]2)C1. The Morgan fingerprint density at radius 2 is 2.00 bits per heavy atom. The zero-order valence-corrected chi connectivity index (χ0v) is 14.7. The number of nitrogens with zero attached hydrogens (tertiary/aromatic N) is 2. The fourth-order valence-corrected chi connectivity index (χ4v) is 3.61. The highest BCUT2D eigenvalue weighted by Crippen LogP contribution is 2.27. The number of hydrogen-bond acceptors (Lipinski definition) is 2. The summed E-state index contributed by atoms with van der Waals surface area (Å²) in [5.41, 5.74) is 3.05. The summed E-state index contributed by atoms with van der Waals surface area (Å²) < 4.78 is 0. The molecule has 1 saturated heterocycles. The van der Waals surface area contributed by atoms with Crippen molar-refractivity contribution < 1.29 is 4.79 Å². The van der Waals surface area contributed by atoms with Crippen molar-refractivity contribution in [2.75, 3.05) is 13.1 Å². The fraction of sp³-hybridized carbons (Fsp3) is 0.300. The van der Waals surface area contributed by atoms with Crippen LogP contribution in [-0.4, -0.2) is 33.9 Å². The predicted octanol–water partition coefficient (Wildman–Crippen LogP) is 4.17. The molecule has 5 heteroatoms. The summed E-state index contributed by atoms with van der Waals surface area (Å²) in [6.07, 6.45) is 2.49. The number of aromatic nitrogens is 2. The van der Waals surface area contributed by atoms with Gasteiger partial charge in [-0.2, -0.15) is 0 Å². The summed E-state index contributed by atoms with van der Waals surface area (Å²) in [5.74, 6) is 1.43. The number of para-hydroxylation sites is 2. The molecule has 4 nitrogen and oxygen atoms in total. The maximum atomic E-state index is 12.7. The van der Waals surface area contributed by atoms with E-state index in [0.717, 1.165) is 48.4 Å². The molecule has 25 heavy (non-hydrogen) atoms. The average molecular weight is 354 g/mol. The van der Waals surface area contributed by atoms with E-state index < -0.39 is 0 Å². The van der Waals surface area contributed by atoms with Crippen molar-refractivity contribution in [3.63, 3.8) is 0 Å². The Hall–Kier alpha value is -2.33. The molecule has 1 atom stereocenters. The van der Waals surface area contributed by atoms with Crippen LogP contribution in [0.15, 0.2) is 48.5 Å². The average Bonchev–Trinajstić information content (AvgIpc) is 3.08. The number of benzene rings is 2. The van der Waals surface area contributed by atoms with Gasteiger partial charge in [-0.25, -0.2) is 4.98 Å². The molecule has 0 aliphatic carbocycles. The lowest BCUT2D eigenvalue weighted by Gasteiger charge is -2.32. The first-order chi connectivity index (χ1) is 12.2. The van der Waals surface area contributed by atoms with Crippen LogP contribution in [0.4, 0.5) is 0 Å². The number of aromatic amines is 1. The molecule has 1 aromatic heterocycles. The Morgan fingerprint density at radius 3 is 2.80 bits per heavy atom. The van der Waals surface area contributed by atoms with Crippen LogP contribution in [-0.2, 0) is 11.2 Å². The number of H-pyrrole nitrogens is 1. The number of nitrogens with one attached hydrogen (secondary N) is 1. The predicted molar refractivity (Wildman–Crippen MR) is 99.8 cm³/mol. The van der Waals surface area contributed by atoms with Gasteiger partial charge in [-0.3, -0.25) is 4.79 Å². The smallest absolute Gasteiger partial charge is 0.227 e. The minimum atomic E-state index is 0.170. The lowest BCUT2D eigenvalue weighted by molar-refractivity contribution is -0.131. The van der Waals surface area contributed by atoms with E-state index in [0.29, 0.717) is 11.4 Å². The van der Waals surface area contributed by atoms with Gasteiger partial charge in [0.25, 0.3) is 0 Å².